The predicted molar refractivity (Wildman–Crippen MR) is 75.9 cm³/mol. The van der Waals surface area contributed by atoms with Crippen molar-refractivity contribution in [1.82, 2.24) is 0 Å². The maximum absolute atomic E-state index is 5.41. The number of hydrogen-bond acceptors (Lipinski definition) is 2. The van der Waals surface area contributed by atoms with Gasteiger partial charge in [-0.05, 0) is 41.2 Å². The third kappa shape index (κ3) is 2.58. The van der Waals surface area contributed by atoms with Gasteiger partial charge < -0.3 is 9.47 Å². The van der Waals surface area contributed by atoms with Crippen LogP contribution in [0.25, 0.3) is 0 Å². The average Bonchev–Trinajstić information content (AvgIpc) is 2.87. The summed E-state index contributed by atoms with van der Waals surface area (Å²) in [6, 6.07) is 15.0. The molecule has 1 heterocycles. The summed E-state index contributed by atoms with van der Waals surface area (Å²) < 4.78 is 10.7. The van der Waals surface area contributed by atoms with Gasteiger partial charge in [0.15, 0.2) is 11.5 Å². The molecule has 0 saturated carbocycles. The van der Waals surface area contributed by atoms with Crippen molar-refractivity contribution >= 4 is 0 Å². The molecule has 2 aromatic rings. The zero-order chi connectivity index (χ0) is 13.2. The summed E-state index contributed by atoms with van der Waals surface area (Å²) in [5.74, 6) is 2.29. The van der Waals surface area contributed by atoms with Gasteiger partial charge >= 0.3 is 0 Å². The van der Waals surface area contributed by atoms with E-state index in [0.717, 1.165) is 17.9 Å². The first-order chi connectivity index (χ1) is 9.22. The second-order valence-corrected chi connectivity index (χ2v) is 5.26. The second-order valence-electron chi connectivity index (χ2n) is 5.26. The van der Waals surface area contributed by atoms with Gasteiger partial charge in [0.25, 0.3) is 0 Å². The fourth-order valence-corrected chi connectivity index (χ4v) is 2.31. The molecule has 0 spiro atoms. The maximum Gasteiger partial charge on any atom is 0.231 e. The van der Waals surface area contributed by atoms with Crippen molar-refractivity contribution in [2.75, 3.05) is 6.79 Å². The maximum atomic E-state index is 5.41. The highest BCUT2D eigenvalue weighted by molar-refractivity contribution is 5.45. The van der Waals surface area contributed by atoms with Crippen molar-refractivity contribution in [1.29, 1.82) is 0 Å². The quantitative estimate of drug-likeness (QED) is 0.820. The molecule has 3 rings (SSSR count). The first kappa shape index (κ1) is 12.1. The number of fused-ring (bicyclic) bond motifs is 1. The van der Waals surface area contributed by atoms with Crippen molar-refractivity contribution in [3.05, 3.63) is 59.2 Å². The van der Waals surface area contributed by atoms with E-state index in [0.29, 0.717) is 12.7 Å². The van der Waals surface area contributed by atoms with Crippen LogP contribution in [0, 0.1) is 0 Å². The molecule has 0 saturated heterocycles. The lowest BCUT2D eigenvalue weighted by atomic mass is 9.99. The first-order valence-corrected chi connectivity index (χ1v) is 6.70. The van der Waals surface area contributed by atoms with Crippen LogP contribution in [0.15, 0.2) is 42.5 Å². The summed E-state index contributed by atoms with van der Waals surface area (Å²) in [5.41, 5.74) is 3.96. The Kier molecular flexibility index (Phi) is 3.16. The molecule has 0 radical (unpaired) electrons. The Balaban J connectivity index is 1.77. The van der Waals surface area contributed by atoms with Gasteiger partial charge in [-0.1, -0.05) is 44.2 Å². The summed E-state index contributed by atoms with van der Waals surface area (Å²) >= 11 is 0. The summed E-state index contributed by atoms with van der Waals surface area (Å²) in [4.78, 5) is 0. The summed E-state index contributed by atoms with van der Waals surface area (Å²) in [7, 11) is 0. The van der Waals surface area contributed by atoms with Gasteiger partial charge in [0.2, 0.25) is 6.79 Å². The van der Waals surface area contributed by atoms with Crippen molar-refractivity contribution in [2.24, 2.45) is 0 Å². The van der Waals surface area contributed by atoms with E-state index in [2.05, 4.69) is 50.2 Å². The van der Waals surface area contributed by atoms with Gasteiger partial charge in [-0.2, -0.15) is 0 Å². The van der Waals surface area contributed by atoms with Gasteiger partial charge in [-0.25, -0.2) is 0 Å². The van der Waals surface area contributed by atoms with Crippen molar-refractivity contribution < 1.29 is 9.47 Å². The lowest BCUT2D eigenvalue weighted by Crippen LogP contribution is -1.93. The minimum Gasteiger partial charge on any atom is -0.454 e. The van der Waals surface area contributed by atoms with Crippen LogP contribution in [0.5, 0.6) is 11.5 Å². The number of benzene rings is 2. The van der Waals surface area contributed by atoms with Crippen molar-refractivity contribution in [3.8, 4) is 11.5 Å². The molecule has 98 valence electrons. The minimum atomic E-state index is 0.335. The fraction of sp³-hybridized carbons (Fsp3) is 0.294. The summed E-state index contributed by atoms with van der Waals surface area (Å²) in [6.45, 7) is 4.77. The topological polar surface area (TPSA) is 18.5 Å². The number of ether oxygens (including phenoxy) is 2. The van der Waals surface area contributed by atoms with E-state index in [1.165, 1.54) is 16.7 Å². The molecule has 0 atom stereocenters. The van der Waals surface area contributed by atoms with Crippen LogP contribution in [0.4, 0.5) is 0 Å². The number of rotatable bonds is 3. The molecule has 0 N–H and O–H groups in total. The summed E-state index contributed by atoms with van der Waals surface area (Å²) in [6.07, 6.45) is 0.926. The Morgan fingerprint density at radius 1 is 0.895 bits per heavy atom. The molecule has 0 aromatic heterocycles. The van der Waals surface area contributed by atoms with Gasteiger partial charge in [-0.3, -0.25) is 0 Å². The molecule has 0 bridgehead atoms. The van der Waals surface area contributed by atoms with E-state index in [4.69, 9.17) is 9.47 Å². The second kappa shape index (κ2) is 4.96. The normalized spacial score (nSPS) is 13.0. The standard InChI is InChI=1S/C17H18O2/c1-12(2)15-6-3-13(4-7-15)9-14-5-8-16-17(10-14)19-11-18-16/h3-8,10,12H,9,11H2,1-2H3. The molecule has 0 aliphatic carbocycles. The summed E-state index contributed by atoms with van der Waals surface area (Å²) in [5, 5.41) is 0. The third-order valence-corrected chi connectivity index (χ3v) is 3.49. The van der Waals surface area contributed by atoms with Crippen LogP contribution in [0.1, 0.15) is 36.5 Å². The Labute approximate surface area is 114 Å². The fourth-order valence-electron chi connectivity index (χ4n) is 2.31. The van der Waals surface area contributed by atoms with Gasteiger partial charge in [0.05, 0.1) is 0 Å². The zero-order valence-electron chi connectivity index (χ0n) is 11.3. The van der Waals surface area contributed by atoms with E-state index in [-0.39, 0.29) is 0 Å². The van der Waals surface area contributed by atoms with Gasteiger partial charge in [-0.15, -0.1) is 0 Å². The van der Waals surface area contributed by atoms with Crippen LogP contribution in [0.2, 0.25) is 0 Å². The molecule has 1 aliphatic rings. The van der Waals surface area contributed by atoms with Crippen molar-refractivity contribution in [2.45, 2.75) is 26.2 Å². The Morgan fingerprint density at radius 2 is 1.58 bits per heavy atom. The van der Waals surface area contributed by atoms with E-state index in [1.807, 2.05) is 6.07 Å². The van der Waals surface area contributed by atoms with Crippen LogP contribution >= 0.6 is 0 Å². The first-order valence-electron chi connectivity index (χ1n) is 6.70. The van der Waals surface area contributed by atoms with Crippen LogP contribution in [-0.2, 0) is 6.42 Å². The Morgan fingerprint density at radius 3 is 2.32 bits per heavy atom. The highest BCUT2D eigenvalue weighted by Gasteiger charge is 2.13. The molecule has 1 aliphatic heterocycles. The van der Waals surface area contributed by atoms with Gasteiger partial charge in [0, 0.05) is 0 Å². The minimum absolute atomic E-state index is 0.335. The zero-order valence-corrected chi connectivity index (χ0v) is 11.3. The highest BCUT2D eigenvalue weighted by atomic mass is 16.7. The SMILES string of the molecule is CC(C)c1ccc(Cc2ccc3c(c2)OCO3)cc1. The molecular weight excluding hydrogens is 236 g/mol. The highest BCUT2D eigenvalue weighted by Crippen LogP contribution is 2.33. The van der Waals surface area contributed by atoms with E-state index < -0.39 is 0 Å². The largest absolute Gasteiger partial charge is 0.454 e. The molecule has 0 fully saturated rings. The molecule has 0 amide bonds. The monoisotopic (exact) mass is 254 g/mol. The van der Waals surface area contributed by atoms with Crippen LogP contribution < -0.4 is 9.47 Å². The molecule has 19 heavy (non-hydrogen) atoms. The van der Waals surface area contributed by atoms with E-state index in [9.17, 15) is 0 Å². The van der Waals surface area contributed by atoms with Crippen LogP contribution in [-0.4, -0.2) is 6.79 Å². The van der Waals surface area contributed by atoms with Gasteiger partial charge in [0.1, 0.15) is 0 Å². The molecule has 2 heteroatoms. The lowest BCUT2D eigenvalue weighted by Gasteiger charge is -2.07. The van der Waals surface area contributed by atoms with Crippen LogP contribution in [0.3, 0.4) is 0 Å². The van der Waals surface area contributed by atoms with Crippen molar-refractivity contribution in [3.63, 3.8) is 0 Å². The number of hydrogen-bond donors (Lipinski definition) is 0. The Bertz CT molecular complexity index is 570. The molecule has 0 unspecified atom stereocenters. The van der Waals surface area contributed by atoms with E-state index in [1.54, 1.807) is 0 Å². The van der Waals surface area contributed by atoms with E-state index >= 15 is 0 Å². The average molecular weight is 254 g/mol. The smallest absolute Gasteiger partial charge is 0.231 e. The third-order valence-electron chi connectivity index (χ3n) is 3.49. The molecular formula is C17H18O2. The predicted octanol–water partition coefficient (Wildman–Crippen LogP) is 4.13. The Hall–Kier alpha value is -1.96. The molecule has 2 nitrogen and oxygen atoms in total. The molecule has 2 aromatic carbocycles. The lowest BCUT2D eigenvalue weighted by molar-refractivity contribution is 0.174.